The molecule has 0 spiro atoms. The Hall–Kier alpha value is -4.13. The summed E-state index contributed by atoms with van der Waals surface area (Å²) in [7, 11) is 3.40. The quantitative estimate of drug-likeness (QED) is 0.457. The number of pyridine rings is 1. The molecule has 3 N–H and O–H groups in total. The molecule has 0 unspecified atom stereocenters. The highest BCUT2D eigenvalue weighted by Crippen LogP contribution is 2.27. The molecule has 7 heteroatoms. The summed E-state index contributed by atoms with van der Waals surface area (Å²) in [5.41, 5.74) is 4.13. The number of aromatic nitrogens is 2. The molecule has 0 saturated carbocycles. The zero-order valence-corrected chi connectivity index (χ0v) is 17.6. The van der Waals surface area contributed by atoms with Crippen LogP contribution in [0.2, 0.25) is 0 Å². The number of aryl methyl sites for hydroxylation is 2. The fourth-order valence-electron chi connectivity index (χ4n) is 3.46. The number of nitrogens with zero attached hydrogens (tertiary/aromatic N) is 2. The topological polar surface area (TPSA) is 88.1 Å². The van der Waals surface area contributed by atoms with Crippen molar-refractivity contribution in [3.63, 3.8) is 0 Å². The first-order valence-electron chi connectivity index (χ1n) is 9.88. The molecule has 0 aliphatic rings. The average molecular weight is 413 g/mol. The molecule has 0 radical (unpaired) electrons. The van der Waals surface area contributed by atoms with Crippen LogP contribution in [-0.4, -0.2) is 28.4 Å². The first-order valence-corrected chi connectivity index (χ1v) is 9.88. The van der Waals surface area contributed by atoms with Crippen molar-refractivity contribution in [1.29, 1.82) is 0 Å². The summed E-state index contributed by atoms with van der Waals surface area (Å²) in [6.07, 6.45) is 1.48. The van der Waals surface area contributed by atoms with Gasteiger partial charge in [0.1, 0.15) is 5.69 Å². The van der Waals surface area contributed by atoms with Gasteiger partial charge in [-0.2, -0.15) is 0 Å². The summed E-state index contributed by atoms with van der Waals surface area (Å²) in [6.45, 7) is 1.98. The lowest BCUT2D eigenvalue weighted by Crippen LogP contribution is -2.20. The van der Waals surface area contributed by atoms with Crippen LogP contribution >= 0.6 is 0 Å². The van der Waals surface area contributed by atoms with Crippen LogP contribution in [0.25, 0.3) is 10.9 Å². The second-order valence-electron chi connectivity index (χ2n) is 7.24. The fourth-order valence-corrected chi connectivity index (χ4v) is 3.46. The van der Waals surface area contributed by atoms with Crippen LogP contribution in [0.3, 0.4) is 0 Å². The Kier molecular flexibility index (Phi) is 5.41. The van der Waals surface area contributed by atoms with Gasteiger partial charge in [0.25, 0.3) is 11.8 Å². The van der Waals surface area contributed by atoms with Gasteiger partial charge in [0, 0.05) is 36.9 Å². The van der Waals surface area contributed by atoms with Crippen LogP contribution in [0.4, 0.5) is 17.2 Å². The molecule has 0 aliphatic heterocycles. The second-order valence-corrected chi connectivity index (χ2v) is 7.24. The van der Waals surface area contributed by atoms with E-state index in [1.54, 1.807) is 13.1 Å². The van der Waals surface area contributed by atoms with Crippen LogP contribution in [0.15, 0.2) is 66.9 Å². The van der Waals surface area contributed by atoms with Gasteiger partial charge in [-0.1, -0.05) is 36.4 Å². The zero-order valence-electron chi connectivity index (χ0n) is 17.6. The SMILES string of the molecule is CNC(=O)c1cnc(Nc2ccccc2C)c(NC(=O)c2cc3ccccc3n2C)c1. The Balaban J connectivity index is 1.72. The molecule has 2 aromatic heterocycles. The van der Waals surface area contributed by atoms with Crippen molar-refractivity contribution in [3.05, 3.63) is 83.7 Å². The number of hydrogen-bond donors (Lipinski definition) is 3. The Morgan fingerprint density at radius 3 is 2.42 bits per heavy atom. The number of nitrogens with one attached hydrogen (secondary N) is 3. The number of benzene rings is 2. The van der Waals surface area contributed by atoms with E-state index >= 15 is 0 Å². The standard InChI is InChI=1S/C24H23N5O2/c1-15-8-4-6-10-18(15)27-22-19(12-17(14-26-22)23(30)25-2)28-24(31)21-13-16-9-5-7-11-20(16)29(21)3/h4-14H,1-3H3,(H,25,30)(H,26,27)(H,28,31). The zero-order chi connectivity index (χ0) is 22.0. The summed E-state index contributed by atoms with van der Waals surface area (Å²) in [4.78, 5) is 29.7. The van der Waals surface area contributed by atoms with Gasteiger partial charge < -0.3 is 20.5 Å². The van der Waals surface area contributed by atoms with Gasteiger partial charge in [0.15, 0.2) is 5.82 Å². The van der Waals surface area contributed by atoms with E-state index in [9.17, 15) is 9.59 Å². The largest absolute Gasteiger partial charge is 0.355 e. The highest BCUT2D eigenvalue weighted by atomic mass is 16.2. The van der Waals surface area contributed by atoms with Crippen molar-refractivity contribution in [1.82, 2.24) is 14.9 Å². The Morgan fingerprint density at radius 1 is 0.935 bits per heavy atom. The molecule has 0 fully saturated rings. The third kappa shape index (κ3) is 3.98. The molecule has 0 saturated heterocycles. The van der Waals surface area contributed by atoms with Crippen molar-refractivity contribution < 1.29 is 9.59 Å². The number of fused-ring (bicyclic) bond motifs is 1. The van der Waals surface area contributed by atoms with E-state index in [0.29, 0.717) is 22.8 Å². The summed E-state index contributed by atoms with van der Waals surface area (Å²) in [5.74, 6) is -0.119. The maximum atomic E-state index is 13.1. The van der Waals surface area contributed by atoms with Crippen molar-refractivity contribution in [2.75, 3.05) is 17.7 Å². The molecule has 156 valence electrons. The third-order valence-electron chi connectivity index (χ3n) is 5.21. The Morgan fingerprint density at radius 2 is 1.68 bits per heavy atom. The van der Waals surface area contributed by atoms with E-state index in [0.717, 1.165) is 22.2 Å². The molecule has 31 heavy (non-hydrogen) atoms. The van der Waals surface area contributed by atoms with Crippen molar-refractivity contribution in [3.8, 4) is 0 Å². The number of para-hydroxylation sites is 2. The minimum atomic E-state index is -0.289. The molecule has 2 amide bonds. The maximum absolute atomic E-state index is 13.1. The number of amides is 2. The highest BCUT2D eigenvalue weighted by molar-refractivity contribution is 6.08. The van der Waals surface area contributed by atoms with Gasteiger partial charge in [-0.15, -0.1) is 0 Å². The van der Waals surface area contributed by atoms with Gasteiger partial charge in [-0.05, 0) is 36.8 Å². The second kappa shape index (κ2) is 8.31. The Labute approximate surface area is 180 Å². The van der Waals surface area contributed by atoms with Gasteiger partial charge in [-0.25, -0.2) is 4.98 Å². The molecule has 2 aromatic carbocycles. The molecule has 0 aliphatic carbocycles. The Bertz CT molecular complexity index is 1290. The highest BCUT2D eigenvalue weighted by Gasteiger charge is 2.17. The summed E-state index contributed by atoms with van der Waals surface area (Å²) < 4.78 is 1.84. The van der Waals surface area contributed by atoms with Gasteiger partial charge in [0.2, 0.25) is 0 Å². The first-order chi connectivity index (χ1) is 15.0. The number of hydrogen-bond acceptors (Lipinski definition) is 4. The number of carbonyl (C=O) groups excluding carboxylic acids is 2. The predicted molar refractivity (Wildman–Crippen MR) is 123 cm³/mol. The minimum absolute atomic E-state index is 0.282. The minimum Gasteiger partial charge on any atom is -0.355 e. The van der Waals surface area contributed by atoms with Gasteiger partial charge in [-0.3, -0.25) is 9.59 Å². The molecule has 4 rings (SSSR count). The molecule has 2 heterocycles. The van der Waals surface area contributed by atoms with Crippen LogP contribution in [0.5, 0.6) is 0 Å². The lowest BCUT2D eigenvalue weighted by atomic mass is 10.2. The van der Waals surface area contributed by atoms with E-state index in [4.69, 9.17) is 0 Å². The van der Waals surface area contributed by atoms with Crippen LogP contribution in [-0.2, 0) is 7.05 Å². The van der Waals surface area contributed by atoms with Crippen molar-refractivity contribution in [2.45, 2.75) is 6.92 Å². The predicted octanol–water partition coefficient (Wildman–Crippen LogP) is 4.24. The number of anilines is 3. The summed E-state index contributed by atoms with van der Waals surface area (Å²) in [5, 5.41) is 9.74. The third-order valence-corrected chi connectivity index (χ3v) is 5.21. The monoisotopic (exact) mass is 413 g/mol. The molecule has 7 nitrogen and oxygen atoms in total. The fraction of sp³-hybridized carbons (Fsp3) is 0.125. The van der Waals surface area contributed by atoms with Crippen LogP contribution in [0.1, 0.15) is 26.4 Å². The number of rotatable bonds is 5. The smallest absolute Gasteiger partial charge is 0.272 e. The molecule has 4 aromatic rings. The first kappa shape index (κ1) is 20.2. The van der Waals surface area contributed by atoms with E-state index < -0.39 is 0 Å². The van der Waals surface area contributed by atoms with Gasteiger partial charge >= 0.3 is 0 Å². The molecular weight excluding hydrogens is 390 g/mol. The lowest BCUT2D eigenvalue weighted by molar-refractivity contribution is 0.0961. The normalized spacial score (nSPS) is 10.7. The van der Waals surface area contributed by atoms with Crippen LogP contribution < -0.4 is 16.0 Å². The average Bonchev–Trinajstić information content (AvgIpc) is 3.12. The van der Waals surface area contributed by atoms with Crippen molar-refractivity contribution >= 4 is 39.9 Å². The van der Waals surface area contributed by atoms with E-state index in [2.05, 4.69) is 20.9 Å². The molecular formula is C24H23N5O2. The summed E-state index contributed by atoms with van der Waals surface area (Å²) in [6, 6.07) is 19.0. The van der Waals surface area contributed by atoms with Gasteiger partial charge in [0.05, 0.1) is 11.3 Å². The van der Waals surface area contributed by atoms with Crippen LogP contribution in [0, 0.1) is 6.92 Å². The molecule has 0 bridgehead atoms. The van der Waals surface area contributed by atoms with E-state index in [1.807, 2.05) is 73.1 Å². The summed E-state index contributed by atoms with van der Waals surface area (Å²) >= 11 is 0. The lowest BCUT2D eigenvalue weighted by Gasteiger charge is -2.15. The molecule has 0 atom stereocenters. The van der Waals surface area contributed by atoms with E-state index in [-0.39, 0.29) is 11.8 Å². The van der Waals surface area contributed by atoms with Crippen molar-refractivity contribution in [2.24, 2.45) is 7.05 Å². The number of carbonyl (C=O) groups is 2. The van der Waals surface area contributed by atoms with E-state index in [1.165, 1.54) is 6.20 Å². The maximum Gasteiger partial charge on any atom is 0.272 e.